The van der Waals surface area contributed by atoms with Gasteiger partial charge in [-0.1, -0.05) is 24.3 Å². The number of anilines is 1. The molecule has 4 aromatic heterocycles. The van der Waals surface area contributed by atoms with Gasteiger partial charge in [0.25, 0.3) is 0 Å². The van der Waals surface area contributed by atoms with Crippen molar-refractivity contribution < 1.29 is 9.13 Å². The average Bonchev–Trinajstić information content (AvgIpc) is 3.43. The van der Waals surface area contributed by atoms with Gasteiger partial charge in [0.05, 0.1) is 23.1 Å². The van der Waals surface area contributed by atoms with E-state index >= 15 is 4.39 Å². The van der Waals surface area contributed by atoms with Crippen molar-refractivity contribution >= 4 is 5.82 Å². The minimum Gasteiger partial charge on any atom is -0.472 e. The summed E-state index contributed by atoms with van der Waals surface area (Å²) >= 11 is 0. The Morgan fingerprint density at radius 3 is 2.57 bits per heavy atom. The van der Waals surface area contributed by atoms with Crippen LogP contribution >= 0.6 is 0 Å². The molecule has 10 nitrogen and oxygen atoms in total. The summed E-state index contributed by atoms with van der Waals surface area (Å²) in [6, 6.07) is 15.9. The lowest BCUT2D eigenvalue weighted by molar-refractivity contribution is 0.211. The molecule has 7 rings (SSSR count). The Balaban J connectivity index is 1.10. The molecule has 1 aromatic carbocycles. The van der Waals surface area contributed by atoms with Gasteiger partial charge in [0.1, 0.15) is 23.5 Å². The molecule has 11 heteroatoms. The number of aromatic nitrogens is 6. The van der Waals surface area contributed by atoms with Gasteiger partial charge in [-0.15, -0.1) is 0 Å². The number of nitrogens with zero attached hydrogens (tertiary/aromatic N) is 8. The molecule has 0 atom stereocenters. The molecule has 6 heterocycles. The quantitative estimate of drug-likeness (QED) is 0.310. The Labute approximate surface area is 241 Å². The first-order valence-corrected chi connectivity index (χ1v) is 13.8. The summed E-state index contributed by atoms with van der Waals surface area (Å²) in [5, 5.41) is 12.5. The van der Waals surface area contributed by atoms with Crippen molar-refractivity contribution in [1.29, 1.82) is 5.26 Å². The highest BCUT2D eigenvalue weighted by Gasteiger charge is 2.28. The molecule has 0 spiro atoms. The lowest BCUT2D eigenvalue weighted by Crippen LogP contribution is -2.38. The summed E-state index contributed by atoms with van der Waals surface area (Å²) in [7, 11) is 0. The summed E-state index contributed by atoms with van der Waals surface area (Å²) in [5.41, 5.74) is 4.59. The number of benzene rings is 1. The second kappa shape index (κ2) is 11.0. The number of ether oxygens (including phenoxy) is 1. The van der Waals surface area contributed by atoms with E-state index in [1.807, 2.05) is 28.8 Å². The largest absolute Gasteiger partial charge is 0.472 e. The van der Waals surface area contributed by atoms with E-state index in [4.69, 9.17) is 15.0 Å². The molecule has 208 valence electrons. The average molecular weight is 560 g/mol. The van der Waals surface area contributed by atoms with Crippen LogP contribution in [-0.2, 0) is 13.3 Å². The summed E-state index contributed by atoms with van der Waals surface area (Å²) in [4.78, 5) is 23.8. The molecule has 2 aliphatic heterocycles. The number of imidazole rings is 1. The molecule has 0 unspecified atom stereocenters. The zero-order chi connectivity index (χ0) is 28.5. The van der Waals surface area contributed by atoms with Gasteiger partial charge in [0.15, 0.2) is 12.5 Å². The first-order valence-electron chi connectivity index (χ1n) is 13.8. The molecular weight excluding hydrogens is 533 g/mol. The highest BCUT2D eigenvalue weighted by molar-refractivity contribution is 5.83. The molecule has 5 aromatic rings. The Morgan fingerprint density at radius 1 is 0.952 bits per heavy atom. The van der Waals surface area contributed by atoms with Crippen molar-refractivity contribution in [1.82, 2.24) is 34.4 Å². The number of nitriles is 1. The van der Waals surface area contributed by atoms with Gasteiger partial charge in [-0.2, -0.15) is 5.26 Å². The number of halogens is 1. The van der Waals surface area contributed by atoms with Crippen LogP contribution in [0.25, 0.3) is 33.9 Å². The van der Waals surface area contributed by atoms with Gasteiger partial charge in [-0.05, 0) is 36.6 Å². The van der Waals surface area contributed by atoms with Gasteiger partial charge >= 0.3 is 0 Å². The van der Waals surface area contributed by atoms with E-state index in [-0.39, 0.29) is 12.6 Å². The lowest BCUT2D eigenvalue weighted by Gasteiger charge is -2.32. The predicted molar refractivity (Wildman–Crippen MR) is 153 cm³/mol. The minimum absolute atomic E-state index is 0.171. The van der Waals surface area contributed by atoms with E-state index < -0.39 is 5.82 Å². The second-order valence-electron chi connectivity index (χ2n) is 10.3. The van der Waals surface area contributed by atoms with Crippen LogP contribution in [-0.4, -0.2) is 53.5 Å². The van der Waals surface area contributed by atoms with E-state index in [0.29, 0.717) is 40.4 Å². The SMILES string of the molecule is N#Cc1nccc(NC2CCN(Cc3ccc(-c4nc5n(c4-c4ccncc4F)COc4ccncc4-5)cc3)CC2)n1. The number of piperidine rings is 1. The van der Waals surface area contributed by atoms with Crippen LogP contribution in [0.4, 0.5) is 10.2 Å². The maximum Gasteiger partial charge on any atom is 0.234 e. The first kappa shape index (κ1) is 25.7. The maximum atomic E-state index is 15.0. The number of likely N-dealkylation sites (tertiary alicyclic amines) is 1. The number of fused-ring (bicyclic) bond motifs is 3. The summed E-state index contributed by atoms with van der Waals surface area (Å²) < 4.78 is 22.9. The third-order valence-corrected chi connectivity index (χ3v) is 7.70. The van der Waals surface area contributed by atoms with E-state index in [0.717, 1.165) is 43.6 Å². The highest BCUT2D eigenvalue weighted by atomic mass is 19.1. The van der Waals surface area contributed by atoms with Crippen LogP contribution in [0.3, 0.4) is 0 Å². The zero-order valence-corrected chi connectivity index (χ0v) is 22.6. The zero-order valence-electron chi connectivity index (χ0n) is 22.6. The van der Waals surface area contributed by atoms with E-state index in [1.165, 1.54) is 11.8 Å². The number of hydrogen-bond donors (Lipinski definition) is 1. The van der Waals surface area contributed by atoms with Crippen molar-refractivity contribution in [3.63, 3.8) is 0 Å². The van der Waals surface area contributed by atoms with Gasteiger partial charge < -0.3 is 10.1 Å². The number of hydrogen-bond acceptors (Lipinski definition) is 9. The normalized spacial score (nSPS) is 14.9. The molecule has 0 aliphatic carbocycles. The molecular formula is C31H26FN9O. The van der Waals surface area contributed by atoms with Crippen molar-refractivity contribution in [2.24, 2.45) is 0 Å². The standard InChI is InChI=1S/C31H26FN9O/c32-25-17-35-10-5-23(25)30-29(39-31-24-16-34-11-6-26(24)42-19-41(30)31)21-3-1-20(2-4-21)18-40-13-8-22(9-14-40)37-27-7-12-36-28(15-33)38-27/h1-7,10-12,16-17,22H,8-9,13-14,18-19H2,(H,36,37,38). The Morgan fingerprint density at radius 2 is 1.76 bits per heavy atom. The van der Waals surface area contributed by atoms with Crippen LogP contribution in [0.15, 0.2) is 73.4 Å². The Hall–Kier alpha value is -5.21. The topological polar surface area (TPSA) is 118 Å². The summed E-state index contributed by atoms with van der Waals surface area (Å²) in [6.45, 7) is 2.94. The Bertz CT molecular complexity index is 1790. The van der Waals surface area contributed by atoms with E-state index in [1.54, 1.807) is 36.9 Å². The van der Waals surface area contributed by atoms with E-state index in [2.05, 4.69) is 42.3 Å². The van der Waals surface area contributed by atoms with Crippen LogP contribution < -0.4 is 10.1 Å². The van der Waals surface area contributed by atoms with Crippen molar-refractivity contribution in [3.8, 4) is 45.7 Å². The van der Waals surface area contributed by atoms with Gasteiger partial charge in [0, 0.05) is 61.6 Å². The maximum absolute atomic E-state index is 15.0. The number of pyridine rings is 2. The van der Waals surface area contributed by atoms with Crippen LogP contribution in [0.1, 0.15) is 24.2 Å². The van der Waals surface area contributed by atoms with Crippen molar-refractivity contribution in [2.75, 3.05) is 18.4 Å². The third-order valence-electron chi connectivity index (χ3n) is 7.70. The summed E-state index contributed by atoms with van der Waals surface area (Å²) in [5.74, 6) is 1.84. The van der Waals surface area contributed by atoms with Gasteiger partial charge in [-0.25, -0.2) is 19.3 Å². The van der Waals surface area contributed by atoms with Crippen molar-refractivity contribution in [3.05, 3.63) is 90.7 Å². The molecule has 0 bridgehead atoms. The molecule has 1 fully saturated rings. The highest BCUT2D eigenvalue weighted by Crippen LogP contribution is 2.41. The number of nitrogens with one attached hydrogen (secondary N) is 1. The Kier molecular flexibility index (Phi) is 6.73. The van der Waals surface area contributed by atoms with Crippen LogP contribution in [0.2, 0.25) is 0 Å². The van der Waals surface area contributed by atoms with Crippen molar-refractivity contribution in [2.45, 2.75) is 32.2 Å². The fraction of sp³-hybridized carbons (Fsp3) is 0.226. The summed E-state index contributed by atoms with van der Waals surface area (Å²) in [6.07, 6.45) is 9.77. The number of rotatable bonds is 6. The van der Waals surface area contributed by atoms with E-state index in [9.17, 15) is 0 Å². The second-order valence-corrected chi connectivity index (χ2v) is 10.3. The van der Waals surface area contributed by atoms with Crippen LogP contribution in [0, 0.1) is 17.1 Å². The lowest BCUT2D eigenvalue weighted by atomic mass is 10.0. The minimum atomic E-state index is -0.418. The first-order chi connectivity index (χ1) is 20.7. The third kappa shape index (κ3) is 4.93. The predicted octanol–water partition coefficient (Wildman–Crippen LogP) is 4.90. The molecule has 42 heavy (non-hydrogen) atoms. The molecule has 0 saturated carbocycles. The smallest absolute Gasteiger partial charge is 0.234 e. The molecule has 1 saturated heterocycles. The molecule has 0 radical (unpaired) electrons. The molecule has 1 N–H and O–H groups in total. The fourth-order valence-corrected chi connectivity index (χ4v) is 5.60. The molecule has 0 amide bonds. The van der Waals surface area contributed by atoms with Gasteiger partial charge in [-0.3, -0.25) is 19.4 Å². The van der Waals surface area contributed by atoms with Crippen LogP contribution in [0.5, 0.6) is 5.75 Å². The van der Waals surface area contributed by atoms with Gasteiger partial charge in [0.2, 0.25) is 5.82 Å². The monoisotopic (exact) mass is 559 g/mol. The molecule has 2 aliphatic rings. The fourth-order valence-electron chi connectivity index (χ4n) is 5.60.